The van der Waals surface area contributed by atoms with E-state index in [1.807, 2.05) is 23.1 Å². The van der Waals surface area contributed by atoms with E-state index < -0.39 is 0 Å². The van der Waals surface area contributed by atoms with Crippen molar-refractivity contribution in [3.63, 3.8) is 0 Å². The van der Waals surface area contributed by atoms with Crippen molar-refractivity contribution in [3.8, 4) is 0 Å². The Morgan fingerprint density at radius 2 is 2.22 bits per heavy atom. The summed E-state index contributed by atoms with van der Waals surface area (Å²) < 4.78 is 5.38. The number of rotatable bonds is 1. The second kappa shape index (κ2) is 4.71. The molecule has 0 saturated carbocycles. The van der Waals surface area contributed by atoms with Crippen molar-refractivity contribution < 1.29 is 9.53 Å². The highest BCUT2D eigenvalue weighted by Crippen LogP contribution is 2.22. The first-order valence-electron chi connectivity index (χ1n) is 6.47. The van der Waals surface area contributed by atoms with Gasteiger partial charge in [-0.05, 0) is 30.2 Å². The SMILES string of the molecule is CC1CNCCN1C(=O)c1ccc2c(c1)COC2. The average Bonchev–Trinajstić information content (AvgIpc) is 2.85. The van der Waals surface area contributed by atoms with Crippen LogP contribution in [-0.2, 0) is 18.0 Å². The summed E-state index contributed by atoms with van der Waals surface area (Å²) in [6.07, 6.45) is 0. The Balaban J connectivity index is 1.83. The monoisotopic (exact) mass is 246 g/mol. The van der Waals surface area contributed by atoms with Crippen molar-refractivity contribution in [1.29, 1.82) is 0 Å². The number of hydrogen-bond acceptors (Lipinski definition) is 3. The molecule has 1 N–H and O–H groups in total. The van der Waals surface area contributed by atoms with Crippen LogP contribution in [0.25, 0.3) is 0 Å². The maximum absolute atomic E-state index is 12.5. The molecule has 2 aliphatic rings. The van der Waals surface area contributed by atoms with Gasteiger partial charge in [-0.2, -0.15) is 0 Å². The minimum Gasteiger partial charge on any atom is -0.372 e. The summed E-state index contributed by atoms with van der Waals surface area (Å²) in [7, 11) is 0. The van der Waals surface area contributed by atoms with E-state index in [2.05, 4.69) is 12.2 Å². The van der Waals surface area contributed by atoms with Gasteiger partial charge in [0.2, 0.25) is 0 Å². The molecule has 2 aliphatic heterocycles. The second-order valence-corrected chi connectivity index (χ2v) is 5.03. The van der Waals surface area contributed by atoms with Crippen LogP contribution in [0.2, 0.25) is 0 Å². The summed E-state index contributed by atoms with van der Waals surface area (Å²) in [6.45, 7) is 5.93. The molecular weight excluding hydrogens is 228 g/mol. The lowest BCUT2D eigenvalue weighted by molar-refractivity contribution is 0.0655. The summed E-state index contributed by atoms with van der Waals surface area (Å²) in [5, 5.41) is 3.30. The molecule has 96 valence electrons. The quantitative estimate of drug-likeness (QED) is 0.808. The summed E-state index contributed by atoms with van der Waals surface area (Å²) in [5.41, 5.74) is 3.15. The predicted octanol–water partition coefficient (Wildman–Crippen LogP) is 1.15. The fourth-order valence-corrected chi connectivity index (χ4v) is 2.61. The molecule has 0 aliphatic carbocycles. The van der Waals surface area contributed by atoms with Crippen LogP contribution in [0.1, 0.15) is 28.4 Å². The standard InChI is InChI=1S/C14H18N2O2/c1-10-7-15-4-5-16(10)14(17)11-2-3-12-8-18-9-13(12)6-11/h2-3,6,10,15H,4-5,7-9H2,1H3. The number of ether oxygens (including phenoxy) is 1. The van der Waals surface area contributed by atoms with E-state index in [1.165, 1.54) is 5.56 Å². The van der Waals surface area contributed by atoms with Crippen LogP contribution in [0.15, 0.2) is 18.2 Å². The maximum Gasteiger partial charge on any atom is 0.254 e. The van der Waals surface area contributed by atoms with Crippen LogP contribution in [0, 0.1) is 0 Å². The van der Waals surface area contributed by atoms with Gasteiger partial charge in [0.05, 0.1) is 13.2 Å². The van der Waals surface area contributed by atoms with Crippen molar-refractivity contribution in [1.82, 2.24) is 10.2 Å². The van der Waals surface area contributed by atoms with Crippen molar-refractivity contribution in [2.24, 2.45) is 0 Å². The number of nitrogens with one attached hydrogen (secondary N) is 1. The molecule has 4 nitrogen and oxygen atoms in total. The lowest BCUT2D eigenvalue weighted by atomic mass is 10.0. The topological polar surface area (TPSA) is 41.6 Å². The average molecular weight is 246 g/mol. The zero-order chi connectivity index (χ0) is 12.5. The molecule has 0 radical (unpaired) electrons. The van der Waals surface area contributed by atoms with Gasteiger partial charge in [0.1, 0.15) is 0 Å². The Morgan fingerprint density at radius 3 is 3.06 bits per heavy atom. The van der Waals surface area contributed by atoms with Gasteiger partial charge in [-0.25, -0.2) is 0 Å². The molecule has 18 heavy (non-hydrogen) atoms. The summed E-state index contributed by atoms with van der Waals surface area (Å²) in [6, 6.07) is 6.18. The van der Waals surface area contributed by atoms with Crippen LogP contribution in [0.5, 0.6) is 0 Å². The third-order valence-electron chi connectivity index (χ3n) is 3.73. The predicted molar refractivity (Wildman–Crippen MR) is 68.3 cm³/mol. The molecule has 1 aromatic rings. The van der Waals surface area contributed by atoms with Crippen molar-refractivity contribution in [2.75, 3.05) is 19.6 Å². The number of fused-ring (bicyclic) bond motifs is 1. The normalized spacial score (nSPS) is 22.9. The molecule has 1 amide bonds. The number of carbonyl (C=O) groups is 1. The molecule has 0 aromatic heterocycles. The number of nitrogens with zero attached hydrogens (tertiary/aromatic N) is 1. The molecule has 1 atom stereocenters. The molecule has 2 heterocycles. The third-order valence-corrected chi connectivity index (χ3v) is 3.73. The van der Waals surface area contributed by atoms with Crippen LogP contribution in [0.3, 0.4) is 0 Å². The number of benzene rings is 1. The van der Waals surface area contributed by atoms with E-state index in [0.29, 0.717) is 13.2 Å². The number of piperazine rings is 1. The van der Waals surface area contributed by atoms with Gasteiger partial charge in [0, 0.05) is 31.2 Å². The number of hydrogen-bond donors (Lipinski definition) is 1. The highest BCUT2D eigenvalue weighted by Gasteiger charge is 2.24. The zero-order valence-electron chi connectivity index (χ0n) is 10.6. The Kier molecular flexibility index (Phi) is 3.06. The molecule has 3 rings (SSSR count). The fourth-order valence-electron chi connectivity index (χ4n) is 2.61. The second-order valence-electron chi connectivity index (χ2n) is 5.03. The number of amides is 1. The van der Waals surface area contributed by atoms with Crippen LogP contribution in [0.4, 0.5) is 0 Å². The van der Waals surface area contributed by atoms with Gasteiger partial charge in [0.15, 0.2) is 0 Å². The van der Waals surface area contributed by atoms with E-state index >= 15 is 0 Å². The largest absolute Gasteiger partial charge is 0.372 e. The van der Waals surface area contributed by atoms with Crippen molar-refractivity contribution >= 4 is 5.91 Å². The molecule has 1 aromatic carbocycles. The number of carbonyl (C=O) groups excluding carboxylic acids is 1. The molecule has 1 fully saturated rings. The molecule has 1 unspecified atom stereocenters. The highest BCUT2D eigenvalue weighted by atomic mass is 16.5. The minimum absolute atomic E-state index is 0.138. The van der Waals surface area contributed by atoms with Crippen LogP contribution >= 0.6 is 0 Å². The minimum atomic E-state index is 0.138. The molecule has 4 heteroatoms. The molecule has 1 saturated heterocycles. The zero-order valence-corrected chi connectivity index (χ0v) is 10.6. The van der Waals surface area contributed by atoms with E-state index in [9.17, 15) is 4.79 Å². The Bertz CT molecular complexity index is 473. The maximum atomic E-state index is 12.5. The van der Waals surface area contributed by atoms with E-state index in [0.717, 1.165) is 30.8 Å². The van der Waals surface area contributed by atoms with Gasteiger partial charge in [-0.15, -0.1) is 0 Å². The van der Waals surface area contributed by atoms with Gasteiger partial charge >= 0.3 is 0 Å². The van der Waals surface area contributed by atoms with E-state index in [4.69, 9.17) is 4.74 Å². The summed E-state index contributed by atoms with van der Waals surface area (Å²) in [4.78, 5) is 14.4. The van der Waals surface area contributed by atoms with Gasteiger partial charge < -0.3 is 15.0 Å². The van der Waals surface area contributed by atoms with Crippen molar-refractivity contribution in [2.45, 2.75) is 26.2 Å². The fraction of sp³-hybridized carbons (Fsp3) is 0.500. The van der Waals surface area contributed by atoms with Gasteiger partial charge in [0.25, 0.3) is 5.91 Å². The Morgan fingerprint density at radius 1 is 1.39 bits per heavy atom. The Hall–Kier alpha value is -1.39. The molecule has 0 spiro atoms. The van der Waals surface area contributed by atoms with Crippen molar-refractivity contribution in [3.05, 3.63) is 34.9 Å². The summed E-state index contributed by atoms with van der Waals surface area (Å²) >= 11 is 0. The van der Waals surface area contributed by atoms with Crippen LogP contribution in [-0.4, -0.2) is 36.5 Å². The first-order valence-corrected chi connectivity index (χ1v) is 6.47. The third kappa shape index (κ3) is 2.02. The molecular formula is C14H18N2O2. The first kappa shape index (κ1) is 11.7. The summed E-state index contributed by atoms with van der Waals surface area (Å²) in [5.74, 6) is 0.138. The first-order chi connectivity index (χ1) is 8.75. The lowest BCUT2D eigenvalue weighted by Gasteiger charge is -2.34. The Labute approximate surface area is 107 Å². The van der Waals surface area contributed by atoms with E-state index in [-0.39, 0.29) is 11.9 Å². The lowest BCUT2D eigenvalue weighted by Crippen LogP contribution is -2.52. The highest BCUT2D eigenvalue weighted by molar-refractivity contribution is 5.94. The smallest absolute Gasteiger partial charge is 0.254 e. The molecule has 0 bridgehead atoms. The van der Waals surface area contributed by atoms with Crippen LogP contribution < -0.4 is 5.32 Å². The van der Waals surface area contributed by atoms with Gasteiger partial charge in [-0.3, -0.25) is 4.79 Å². The van der Waals surface area contributed by atoms with Gasteiger partial charge in [-0.1, -0.05) is 6.07 Å². The van der Waals surface area contributed by atoms with E-state index in [1.54, 1.807) is 0 Å².